The molecule has 0 radical (unpaired) electrons. The number of likely N-dealkylation sites (tertiary alicyclic amines) is 1. The van der Waals surface area contributed by atoms with Crippen LogP contribution < -0.4 is 0 Å². The Kier molecular flexibility index (Phi) is 1.31. The Morgan fingerprint density at radius 3 is 2.30 bits per heavy atom. The molecule has 2 aliphatic rings. The molecule has 0 aromatic carbocycles. The third-order valence-electron chi connectivity index (χ3n) is 3.72. The summed E-state index contributed by atoms with van der Waals surface area (Å²) in [5.74, 6) is 1.98. The first kappa shape index (κ1) is 6.66. The van der Waals surface area contributed by atoms with Crippen LogP contribution in [0.2, 0.25) is 0 Å². The summed E-state index contributed by atoms with van der Waals surface area (Å²) in [6, 6.07) is 1.78. The average molecular weight is 139 g/mol. The zero-order valence-corrected chi connectivity index (χ0v) is 7.17. The Morgan fingerprint density at radius 2 is 1.90 bits per heavy atom. The molecular weight excluding hydrogens is 122 g/mol. The monoisotopic (exact) mass is 139 g/mol. The quantitative estimate of drug-likeness (QED) is 0.494. The third kappa shape index (κ3) is 0.672. The predicted octanol–water partition coefficient (Wildman–Crippen LogP) is 1.74. The van der Waals surface area contributed by atoms with Gasteiger partial charge in [-0.1, -0.05) is 6.92 Å². The van der Waals surface area contributed by atoms with E-state index in [1.807, 2.05) is 0 Å². The number of hydrogen-bond acceptors (Lipinski definition) is 1. The van der Waals surface area contributed by atoms with Crippen LogP contribution in [0, 0.1) is 11.8 Å². The van der Waals surface area contributed by atoms with Crippen molar-refractivity contribution >= 4 is 0 Å². The Morgan fingerprint density at radius 1 is 1.20 bits per heavy atom. The third-order valence-corrected chi connectivity index (χ3v) is 3.72. The lowest BCUT2D eigenvalue weighted by atomic mass is 9.95. The second kappa shape index (κ2) is 1.97. The summed E-state index contributed by atoms with van der Waals surface area (Å²) < 4.78 is 0. The summed E-state index contributed by atoms with van der Waals surface area (Å²) in [6.45, 7) is 4.77. The fraction of sp³-hybridized carbons (Fsp3) is 1.00. The zero-order valence-electron chi connectivity index (χ0n) is 7.17. The van der Waals surface area contributed by atoms with E-state index in [1.165, 1.54) is 12.8 Å². The molecule has 1 heteroatoms. The number of piperidine rings is 1. The second-order valence-corrected chi connectivity index (χ2v) is 4.18. The predicted molar refractivity (Wildman–Crippen MR) is 42.9 cm³/mol. The molecule has 1 nitrogen and oxygen atoms in total. The van der Waals surface area contributed by atoms with Crippen molar-refractivity contribution in [2.75, 3.05) is 7.05 Å². The molecule has 0 N–H and O–H groups in total. The highest BCUT2D eigenvalue weighted by molar-refractivity contribution is 4.99. The van der Waals surface area contributed by atoms with Crippen molar-refractivity contribution in [2.24, 2.45) is 11.8 Å². The molecule has 0 amide bonds. The highest BCUT2D eigenvalue weighted by Crippen LogP contribution is 2.44. The first-order chi connectivity index (χ1) is 4.70. The standard InChI is InChI=1S/C9H17N/c1-6-4-8-5-9(6)10(3)7(8)2/h6-9H,4-5H2,1-3H3/t6?,7?,8-,9-/m0/s1. The van der Waals surface area contributed by atoms with Gasteiger partial charge in [0.25, 0.3) is 0 Å². The highest BCUT2D eigenvalue weighted by Gasteiger charge is 2.45. The minimum atomic E-state index is 0.862. The second-order valence-electron chi connectivity index (χ2n) is 4.18. The van der Waals surface area contributed by atoms with Gasteiger partial charge in [0.1, 0.15) is 0 Å². The molecule has 1 saturated heterocycles. The summed E-state index contributed by atoms with van der Waals surface area (Å²) in [4.78, 5) is 2.57. The summed E-state index contributed by atoms with van der Waals surface area (Å²) in [7, 11) is 2.28. The number of hydrogen-bond donors (Lipinski definition) is 0. The fourth-order valence-corrected chi connectivity index (χ4v) is 2.87. The van der Waals surface area contributed by atoms with E-state index in [9.17, 15) is 0 Å². The molecule has 0 aromatic heterocycles. The Bertz CT molecular complexity index is 142. The van der Waals surface area contributed by atoms with Crippen molar-refractivity contribution in [3.63, 3.8) is 0 Å². The van der Waals surface area contributed by atoms with E-state index in [-0.39, 0.29) is 0 Å². The van der Waals surface area contributed by atoms with Crippen molar-refractivity contribution in [1.29, 1.82) is 0 Å². The Hall–Kier alpha value is -0.0400. The van der Waals surface area contributed by atoms with Crippen LogP contribution in [0.3, 0.4) is 0 Å². The van der Waals surface area contributed by atoms with Gasteiger partial charge in [-0.25, -0.2) is 0 Å². The van der Waals surface area contributed by atoms with Crippen LogP contribution in [0.4, 0.5) is 0 Å². The van der Waals surface area contributed by atoms with Gasteiger partial charge in [0.15, 0.2) is 0 Å². The molecule has 1 aliphatic heterocycles. The molecular formula is C9H17N. The maximum atomic E-state index is 2.57. The number of nitrogens with zero attached hydrogens (tertiary/aromatic N) is 1. The van der Waals surface area contributed by atoms with Crippen molar-refractivity contribution in [1.82, 2.24) is 4.90 Å². The van der Waals surface area contributed by atoms with Crippen molar-refractivity contribution in [3.8, 4) is 0 Å². The van der Waals surface area contributed by atoms with Gasteiger partial charge < -0.3 is 4.90 Å². The molecule has 2 fully saturated rings. The van der Waals surface area contributed by atoms with Gasteiger partial charge in [0.05, 0.1) is 0 Å². The van der Waals surface area contributed by atoms with E-state index in [2.05, 4.69) is 25.8 Å². The average Bonchev–Trinajstić information content (AvgIpc) is 2.36. The molecule has 1 saturated carbocycles. The molecule has 58 valence electrons. The van der Waals surface area contributed by atoms with Gasteiger partial charge >= 0.3 is 0 Å². The first-order valence-electron chi connectivity index (χ1n) is 4.42. The van der Waals surface area contributed by atoms with Gasteiger partial charge in [0.2, 0.25) is 0 Å². The van der Waals surface area contributed by atoms with E-state index in [0.29, 0.717) is 0 Å². The van der Waals surface area contributed by atoms with Crippen LogP contribution in [0.5, 0.6) is 0 Å². The smallest absolute Gasteiger partial charge is 0.0124 e. The van der Waals surface area contributed by atoms with Gasteiger partial charge in [-0.05, 0) is 38.6 Å². The zero-order chi connectivity index (χ0) is 7.30. The van der Waals surface area contributed by atoms with Crippen molar-refractivity contribution < 1.29 is 0 Å². The maximum absolute atomic E-state index is 2.57. The molecule has 0 spiro atoms. The largest absolute Gasteiger partial charge is 0.300 e. The van der Waals surface area contributed by atoms with Gasteiger partial charge in [0, 0.05) is 12.1 Å². The van der Waals surface area contributed by atoms with Crippen LogP contribution in [0.15, 0.2) is 0 Å². The van der Waals surface area contributed by atoms with E-state index < -0.39 is 0 Å². The minimum absolute atomic E-state index is 0.862. The van der Waals surface area contributed by atoms with Gasteiger partial charge in [-0.3, -0.25) is 0 Å². The van der Waals surface area contributed by atoms with Crippen LogP contribution in [0.1, 0.15) is 26.7 Å². The fourth-order valence-electron chi connectivity index (χ4n) is 2.87. The Labute approximate surface area is 63.4 Å². The van der Waals surface area contributed by atoms with Crippen LogP contribution in [-0.4, -0.2) is 24.0 Å². The lowest BCUT2D eigenvalue weighted by molar-refractivity contribution is 0.146. The number of rotatable bonds is 0. The van der Waals surface area contributed by atoms with E-state index in [4.69, 9.17) is 0 Å². The van der Waals surface area contributed by atoms with E-state index in [0.717, 1.165) is 23.9 Å². The highest BCUT2D eigenvalue weighted by atomic mass is 15.2. The molecule has 1 heterocycles. The number of fused-ring (bicyclic) bond motifs is 2. The molecule has 0 aromatic rings. The minimum Gasteiger partial charge on any atom is -0.300 e. The summed E-state index contributed by atoms with van der Waals surface area (Å²) >= 11 is 0. The molecule has 10 heavy (non-hydrogen) atoms. The molecule has 1 aliphatic carbocycles. The summed E-state index contributed by atoms with van der Waals surface area (Å²) in [5.41, 5.74) is 0. The molecule has 2 rings (SSSR count). The van der Waals surface area contributed by atoms with Gasteiger partial charge in [-0.2, -0.15) is 0 Å². The van der Waals surface area contributed by atoms with Crippen LogP contribution >= 0.6 is 0 Å². The Balaban J connectivity index is 2.16. The molecule has 2 bridgehead atoms. The maximum Gasteiger partial charge on any atom is 0.0124 e. The van der Waals surface area contributed by atoms with Crippen molar-refractivity contribution in [3.05, 3.63) is 0 Å². The lowest BCUT2D eigenvalue weighted by Gasteiger charge is -2.33. The topological polar surface area (TPSA) is 3.24 Å². The van der Waals surface area contributed by atoms with Crippen molar-refractivity contribution in [2.45, 2.75) is 38.8 Å². The van der Waals surface area contributed by atoms with Gasteiger partial charge in [-0.15, -0.1) is 0 Å². The lowest BCUT2D eigenvalue weighted by Crippen LogP contribution is -2.39. The van der Waals surface area contributed by atoms with Crippen LogP contribution in [-0.2, 0) is 0 Å². The van der Waals surface area contributed by atoms with E-state index in [1.54, 1.807) is 0 Å². The first-order valence-corrected chi connectivity index (χ1v) is 4.42. The molecule has 2 unspecified atom stereocenters. The van der Waals surface area contributed by atoms with E-state index >= 15 is 0 Å². The summed E-state index contributed by atoms with van der Waals surface area (Å²) in [6.07, 6.45) is 2.95. The normalized spacial score (nSPS) is 54.3. The van der Waals surface area contributed by atoms with Crippen LogP contribution in [0.25, 0.3) is 0 Å². The SMILES string of the molecule is CC1C[C@H]2C[C@@H]1N(C)C2C. The molecule has 4 atom stereocenters. The summed E-state index contributed by atoms with van der Waals surface area (Å²) in [5, 5.41) is 0.